The van der Waals surface area contributed by atoms with Gasteiger partial charge >= 0.3 is 5.97 Å². The molecule has 2 atom stereocenters. The molecule has 0 saturated carbocycles. The van der Waals surface area contributed by atoms with Gasteiger partial charge < -0.3 is 9.16 Å². The molecule has 1 aliphatic heterocycles. The van der Waals surface area contributed by atoms with Gasteiger partial charge in [0.2, 0.25) is 0 Å². The number of hydrogen-bond acceptors (Lipinski definition) is 3. The van der Waals surface area contributed by atoms with Crippen LogP contribution >= 0.6 is 0 Å². The minimum Gasteiger partial charge on any atom is -0.456 e. The van der Waals surface area contributed by atoms with E-state index in [4.69, 9.17) is 9.16 Å². The summed E-state index contributed by atoms with van der Waals surface area (Å²) in [7, 11) is -1.80. The zero-order valence-electron chi connectivity index (χ0n) is 11.0. The molecule has 1 aliphatic rings. The third kappa shape index (κ3) is 2.95. The molecule has 0 aliphatic carbocycles. The number of ether oxygens (including phenoxy) is 1. The zero-order valence-corrected chi connectivity index (χ0v) is 12.0. The second-order valence-corrected chi connectivity index (χ2v) is 10.6. The molecule has 0 unspecified atom stereocenters. The lowest BCUT2D eigenvalue weighted by Crippen LogP contribution is -2.47. The van der Waals surface area contributed by atoms with Crippen LogP contribution in [0.15, 0.2) is 12.2 Å². The number of esters is 1. The smallest absolute Gasteiger partial charge is 0.330 e. The van der Waals surface area contributed by atoms with Gasteiger partial charge in [-0.05, 0) is 31.1 Å². The monoisotopic (exact) mass is 242 g/mol. The molecule has 0 bridgehead atoms. The molecule has 1 rings (SSSR count). The highest BCUT2D eigenvalue weighted by atomic mass is 28.4. The van der Waals surface area contributed by atoms with Gasteiger partial charge in [0.1, 0.15) is 12.2 Å². The van der Waals surface area contributed by atoms with Crippen LogP contribution in [0.2, 0.25) is 18.1 Å². The molecule has 0 amide bonds. The molecule has 4 heteroatoms. The molecule has 1 heterocycles. The first-order valence-electron chi connectivity index (χ1n) is 5.70. The summed E-state index contributed by atoms with van der Waals surface area (Å²) in [5, 5.41) is 0.169. The van der Waals surface area contributed by atoms with Crippen LogP contribution in [-0.2, 0) is 14.0 Å². The van der Waals surface area contributed by atoms with E-state index in [1.807, 2.05) is 13.0 Å². The molecule has 0 aromatic rings. The minimum absolute atomic E-state index is 0.0985. The summed E-state index contributed by atoms with van der Waals surface area (Å²) in [6.45, 7) is 12.9. The van der Waals surface area contributed by atoms with E-state index in [9.17, 15) is 4.79 Å². The van der Waals surface area contributed by atoms with Gasteiger partial charge in [-0.15, -0.1) is 0 Å². The maximum absolute atomic E-state index is 11.0. The van der Waals surface area contributed by atoms with Gasteiger partial charge in [0.15, 0.2) is 8.32 Å². The quantitative estimate of drug-likeness (QED) is 0.552. The highest BCUT2D eigenvalue weighted by Crippen LogP contribution is 2.38. The maximum Gasteiger partial charge on any atom is 0.330 e. The molecule has 0 spiro atoms. The van der Waals surface area contributed by atoms with Crippen molar-refractivity contribution in [2.75, 3.05) is 0 Å². The van der Waals surface area contributed by atoms with E-state index in [1.54, 1.807) is 0 Å². The summed E-state index contributed by atoms with van der Waals surface area (Å²) in [4.78, 5) is 11.0. The Kier molecular flexibility index (Phi) is 3.64. The van der Waals surface area contributed by atoms with Gasteiger partial charge in [-0.2, -0.15) is 0 Å². The molecule has 92 valence electrons. The van der Waals surface area contributed by atoms with Crippen molar-refractivity contribution in [2.45, 2.75) is 58.0 Å². The number of carbonyl (C=O) groups is 1. The molecule has 0 aromatic carbocycles. The molecule has 16 heavy (non-hydrogen) atoms. The van der Waals surface area contributed by atoms with Crippen molar-refractivity contribution < 1.29 is 14.0 Å². The predicted molar refractivity (Wildman–Crippen MR) is 66.8 cm³/mol. The largest absolute Gasteiger partial charge is 0.456 e. The van der Waals surface area contributed by atoms with Crippen LogP contribution < -0.4 is 0 Å². The van der Waals surface area contributed by atoms with Gasteiger partial charge in [0.05, 0.1) is 0 Å². The van der Waals surface area contributed by atoms with E-state index in [1.165, 1.54) is 6.08 Å². The minimum atomic E-state index is -1.80. The van der Waals surface area contributed by atoms with Gasteiger partial charge in [0.25, 0.3) is 0 Å². The Bertz CT molecular complexity index is 302. The Morgan fingerprint density at radius 3 is 2.38 bits per heavy atom. The highest BCUT2D eigenvalue weighted by molar-refractivity contribution is 6.74. The van der Waals surface area contributed by atoms with Crippen LogP contribution in [-0.4, -0.2) is 26.5 Å². The fraction of sp³-hybridized carbons (Fsp3) is 0.750. The van der Waals surface area contributed by atoms with Gasteiger partial charge in [0, 0.05) is 6.08 Å². The van der Waals surface area contributed by atoms with Crippen LogP contribution in [0.5, 0.6) is 0 Å². The molecule has 0 saturated heterocycles. The Balaban J connectivity index is 2.75. The van der Waals surface area contributed by atoms with E-state index >= 15 is 0 Å². The summed E-state index contributed by atoms with van der Waals surface area (Å²) in [6, 6.07) is 0. The second-order valence-electron chi connectivity index (χ2n) is 5.84. The SMILES string of the molecule is C[C@H]1OC(=O)C=C[C@@H]1O[Si](C)(C)C(C)(C)C. The number of cyclic esters (lactones) is 1. The lowest BCUT2D eigenvalue weighted by Gasteiger charge is -2.40. The first kappa shape index (κ1) is 13.5. The lowest BCUT2D eigenvalue weighted by atomic mass is 10.2. The van der Waals surface area contributed by atoms with E-state index in [2.05, 4.69) is 33.9 Å². The van der Waals surface area contributed by atoms with Gasteiger partial charge in [-0.3, -0.25) is 0 Å². The number of hydrogen-bond donors (Lipinski definition) is 0. The van der Waals surface area contributed by atoms with Crippen molar-refractivity contribution in [2.24, 2.45) is 0 Å². The van der Waals surface area contributed by atoms with Gasteiger partial charge in [-0.25, -0.2) is 4.79 Å². The summed E-state index contributed by atoms with van der Waals surface area (Å²) in [5.74, 6) is -0.275. The molecule has 3 nitrogen and oxygen atoms in total. The maximum atomic E-state index is 11.0. The van der Waals surface area contributed by atoms with Crippen LogP contribution in [0.1, 0.15) is 27.7 Å². The summed E-state index contributed by atoms with van der Waals surface area (Å²) in [6.07, 6.45) is 2.99. The molecular formula is C12H22O3Si. The van der Waals surface area contributed by atoms with Crippen LogP contribution in [0, 0.1) is 0 Å². The number of carbonyl (C=O) groups excluding carboxylic acids is 1. The summed E-state index contributed by atoms with van der Waals surface area (Å²) >= 11 is 0. The van der Waals surface area contributed by atoms with E-state index in [0.29, 0.717) is 0 Å². The second kappa shape index (κ2) is 4.34. The molecule has 0 radical (unpaired) electrons. The van der Waals surface area contributed by atoms with Crippen molar-refractivity contribution in [3.8, 4) is 0 Å². The third-order valence-electron chi connectivity index (χ3n) is 3.42. The highest BCUT2D eigenvalue weighted by Gasteiger charge is 2.40. The molecule has 0 aromatic heterocycles. The summed E-state index contributed by atoms with van der Waals surface area (Å²) < 4.78 is 11.3. The Labute approximate surface area is 99.0 Å². The third-order valence-corrected chi connectivity index (χ3v) is 7.90. The lowest BCUT2D eigenvalue weighted by molar-refractivity contribution is -0.147. The van der Waals surface area contributed by atoms with E-state index < -0.39 is 8.32 Å². The van der Waals surface area contributed by atoms with Crippen molar-refractivity contribution >= 4 is 14.3 Å². The van der Waals surface area contributed by atoms with Crippen molar-refractivity contribution in [3.05, 3.63) is 12.2 Å². The van der Waals surface area contributed by atoms with Crippen molar-refractivity contribution in [1.82, 2.24) is 0 Å². The Hall–Kier alpha value is -0.613. The fourth-order valence-electron chi connectivity index (χ4n) is 1.27. The first-order chi connectivity index (χ1) is 7.13. The summed E-state index contributed by atoms with van der Waals surface area (Å²) in [5.41, 5.74) is 0. The van der Waals surface area contributed by atoms with Crippen molar-refractivity contribution in [3.63, 3.8) is 0 Å². The average molecular weight is 242 g/mol. The van der Waals surface area contributed by atoms with E-state index in [-0.39, 0.29) is 23.2 Å². The van der Waals surface area contributed by atoms with Crippen LogP contribution in [0.25, 0.3) is 0 Å². The molecule has 0 fully saturated rings. The predicted octanol–water partition coefficient (Wildman–Crippen LogP) is 2.88. The van der Waals surface area contributed by atoms with Crippen LogP contribution in [0.4, 0.5) is 0 Å². The molecule has 0 N–H and O–H groups in total. The zero-order chi connectivity index (χ0) is 12.6. The normalized spacial score (nSPS) is 26.8. The average Bonchev–Trinajstić information content (AvgIpc) is 2.08. The van der Waals surface area contributed by atoms with Gasteiger partial charge in [-0.1, -0.05) is 20.8 Å². The number of rotatable bonds is 2. The Morgan fingerprint density at radius 1 is 1.38 bits per heavy atom. The standard InChI is InChI=1S/C12H22O3Si/c1-9-10(7-8-11(13)14-9)15-16(5,6)12(2,3)4/h7-10H,1-6H3/t9-,10+/m1/s1. The first-order valence-corrected chi connectivity index (χ1v) is 8.61. The topological polar surface area (TPSA) is 35.5 Å². The van der Waals surface area contributed by atoms with Crippen molar-refractivity contribution in [1.29, 1.82) is 0 Å². The van der Waals surface area contributed by atoms with Crippen LogP contribution in [0.3, 0.4) is 0 Å². The fourth-order valence-corrected chi connectivity index (χ4v) is 2.58. The van der Waals surface area contributed by atoms with E-state index in [0.717, 1.165) is 0 Å². The Morgan fingerprint density at radius 2 is 1.94 bits per heavy atom. The molecular weight excluding hydrogens is 220 g/mol.